The van der Waals surface area contributed by atoms with Crippen LogP contribution in [0.5, 0.6) is 0 Å². The van der Waals surface area contributed by atoms with Crippen LogP contribution in [0.15, 0.2) is 42.5 Å². The van der Waals surface area contributed by atoms with Gasteiger partial charge in [0.2, 0.25) is 5.91 Å². The summed E-state index contributed by atoms with van der Waals surface area (Å²) in [7, 11) is 2.14. The van der Waals surface area contributed by atoms with E-state index >= 15 is 0 Å². The lowest BCUT2D eigenvalue weighted by Crippen LogP contribution is -2.33. The van der Waals surface area contributed by atoms with Crippen LogP contribution in [0.2, 0.25) is 0 Å². The first-order chi connectivity index (χ1) is 12.1. The third-order valence-corrected chi connectivity index (χ3v) is 4.80. The lowest BCUT2D eigenvalue weighted by atomic mass is 9.84. The summed E-state index contributed by atoms with van der Waals surface area (Å²) < 4.78 is 0. The Morgan fingerprint density at radius 2 is 1.96 bits per heavy atom. The molecule has 25 heavy (non-hydrogen) atoms. The summed E-state index contributed by atoms with van der Waals surface area (Å²) >= 11 is 0. The number of rotatable bonds is 5. The van der Waals surface area contributed by atoms with E-state index in [1.165, 1.54) is 22.3 Å². The monoisotopic (exact) mass is 337 g/mol. The van der Waals surface area contributed by atoms with E-state index < -0.39 is 0 Å². The molecule has 3 rings (SSSR count). The molecular weight excluding hydrogens is 310 g/mol. The minimum atomic E-state index is 0.00959. The number of carbonyl (C=O) groups is 1. The number of benzene rings is 2. The molecule has 1 atom stereocenters. The van der Waals surface area contributed by atoms with E-state index in [9.17, 15) is 4.79 Å². The predicted octanol–water partition coefficient (Wildman–Crippen LogP) is 3.12. The van der Waals surface area contributed by atoms with Crippen molar-refractivity contribution in [1.29, 1.82) is 0 Å². The van der Waals surface area contributed by atoms with Crippen molar-refractivity contribution in [2.75, 3.05) is 32.0 Å². The number of nitrogens with zero attached hydrogens (tertiary/aromatic N) is 1. The van der Waals surface area contributed by atoms with Crippen LogP contribution in [0, 0.1) is 6.92 Å². The number of aryl methyl sites for hydroxylation is 1. The molecule has 2 N–H and O–H groups in total. The molecular formula is C21H27N3O. The Hall–Kier alpha value is -2.17. The number of fused-ring (bicyclic) bond motifs is 1. The fourth-order valence-electron chi connectivity index (χ4n) is 3.49. The number of hydrogen-bond donors (Lipinski definition) is 2. The van der Waals surface area contributed by atoms with E-state index in [0.717, 1.165) is 25.3 Å². The molecule has 0 radical (unpaired) electrons. The van der Waals surface area contributed by atoms with Crippen molar-refractivity contribution in [2.24, 2.45) is 0 Å². The van der Waals surface area contributed by atoms with E-state index in [0.29, 0.717) is 12.5 Å². The quantitative estimate of drug-likeness (QED) is 0.881. The van der Waals surface area contributed by atoms with Gasteiger partial charge < -0.3 is 15.5 Å². The van der Waals surface area contributed by atoms with Crippen LogP contribution in [-0.4, -0.2) is 37.5 Å². The van der Waals surface area contributed by atoms with Gasteiger partial charge in [-0.15, -0.1) is 0 Å². The number of hydrogen-bond acceptors (Lipinski definition) is 3. The van der Waals surface area contributed by atoms with Gasteiger partial charge in [0.15, 0.2) is 0 Å². The molecule has 2 aromatic rings. The number of nitrogens with one attached hydrogen (secondary N) is 2. The maximum atomic E-state index is 12.1. The fraction of sp³-hybridized carbons (Fsp3) is 0.381. The summed E-state index contributed by atoms with van der Waals surface area (Å²) in [6.45, 7) is 7.09. The van der Waals surface area contributed by atoms with Gasteiger partial charge in [-0.25, -0.2) is 0 Å². The lowest BCUT2D eigenvalue weighted by molar-refractivity contribution is -0.115. The van der Waals surface area contributed by atoms with Crippen LogP contribution in [0.1, 0.15) is 35.1 Å². The summed E-state index contributed by atoms with van der Waals surface area (Å²) in [6, 6.07) is 15.0. The van der Waals surface area contributed by atoms with Crippen LogP contribution in [-0.2, 0) is 11.3 Å². The Morgan fingerprint density at radius 3 is 2.68 bits per heavy atom. The molecule has 4 heteroatoms. The molecule has 1 aliphatic rings. The smallest absolute Gasteiger partial charge is 0.238 e. The molecule has 1 amide bonds. The van der Waals surface area contributed by atoms with Gasteiger partial charge in [-0.1, -0.05) is 48.9 Å². The van der Waals surface area contributed by atoms with Crippen molar-refractivity contribution < 1.29 is 4.79 Å². The number of amides is 1. The molecule has 0 aromatic heterocycles. The Bertz CT molecular complexity index is 739. The molecule has 132 valence electrons. The van der Waals surface area contributed by atoms with Gasteiger partial charge in [0, 0.05) is 24.7 Å². The average Bonchev–Trinajstić information content (AvgIpc) is 2.60. The Kier molecular flexibility index (Phi) is 5.51. The van der Waals surface area contributed by atoms with Crippen LogP contribution < -0.4 is 10.6 Å². The number of carbonyl (C=O) groups excluding carboxylic acids is 1. The molecule has 1 heterocycles. The average molecular weight is 337 g/mol. The third-order valence-electron chi connectivity index (χ3n) is 4.80. The van der Waals surface area contributed by atoms with Crippen molar-refractivity contribution in [2.45, 2.75) is 26.3 Å². The summed E-state index contributed by atoms with van der Waals surface area (Å²) in [6.07, 6.45) is 0. The van der Waals surface area contributed by atoms with E-state index in [-0.39, 0.29) is 5.91 Å². The third kappa shape index (κ3) is 4.09. The normalized spacial score (nSPS) is 17.2. The van der Waals surface area contributed by atoms with E-state index in [1.807, 2.05) is 19.1 Å². The van der Waals surface area contributed by atoms with Gasteiger partial charge in [0.05, 0.1) is 6.54 Å². The summed E-state index contributed by atoms with van der Waals surface area (Å²) in [4.78, 5) is 14.5. The summed E-state index contributed by atoms with van der Waals surface area (Å²) in [5.41, 5.74) is 6.09. The lowest BCUT2D eigenvalue weighted by Gasteiger charge is -2.34. The van der Waals surface area contributed by atoms with Gasteiger partial charge in [0.1, 0.15) is 0 Å². The number of likely N-dealkylation sites (N-methyl/N-ethyl adjacent to an activating group) is 2. The van der Waals surface area contributed by atoms with E-state index in [1.54, 1.807) is 0 Å². The van der Waals surface area contributed by atoms with Gasteiger partial charge in [-0.3, -0.25) is 4.79 Å². The van der Waals surface area contributed by atoms with Gasteiger partial charge in [0.25, 0.3) is 0 Å². The highest BCUT2D eigenvalue weighted by Crippen LogP contribution is 2.36. The highest BCUT2D eigenvalue weighted by Gasteiger charge is 2.26. The van der Waals surface area contributed by atoms with Gasteiger partial charge >= 0.3 is 0 Å². The van der Waals surface area contributed by atoms with Crippen molar-refractivity contribution >= 4 is 11.6 Å². The summed E-state index contributed by atoms with van der Waals surface area (Å²) in [5, 5.41) is 6.15. The van der Waals surface area contributed by atoms with Crippen LogP contribution in [0.3, 0.4) is 0 Å². The van der Waals surface area contributed by atoms with Crippen molar-refractivity contribution in [1.82, 2.24) is 10.2 Å². The molecule has 0 saturated heterocycles. The molecule has 0 bridgehead atoms. The first kappa shape index (κ1) is 17.6. The minimum Gasteiger partial charge on any atom is -0.325 e. The van der Waals surface area contributed by atoms with Crippen molar-refractivity contribution in [3.63, 3.8) is 0 Å². The molecule has 0 saturated carbocycles. The van der Waals surface area contributed by atoms with E-state index in [2.05, 4.69) is 59.8 Å². The standard InChI is InChI=1S/C21H27N3O/c1-4-22-12-21(25)23-20-7-5-6-17-18(13-24(3)14-19(17)20)16-10-8-15(2)9-11-16/h5-11,18,22H,4,12-14H2,1-3H3,(H,23,25). The SMILES string of the molecule is CCNCC(=O)Nc1cccc2c1CN(C)CC2c1ccc(C)cc1. The molecule has 4 nitrogen and oxygen atoms in total. The highest BCUT2D eigenvalue weighted by molar-refractivity contribution is 5.93. The molecule has 1 unspecified atom stereocenters. The molecule has 0 spiro atoms. The second-order valence-electron chi connectivity index (χ2n) is 6.86. The Balaban J connectivity index is 1.92. The maximum Gasteiger partial charge on any atom is 0.238 e. The van der Waals surface area contributed by atoms with Crippen LogP contribution >= 0.6 is 0 Å². The zero-order valence-corrected chi connectivity index (χ0v) is 15.3. The fourth-order valence-corrected chi connectivity index (χ4v) is 3.49. The molecule has 0 fully saturated rings. The second kappa shape index (κ2) is 7.81. The zero-order valence-electron chi connectivity index (χ0n) is 15.3. The van der Waals surface area contributed by atoms with Gasteiger partial charge in [-0.05, 0) is 43.3 Å². The van der Waals surface area contributed by atoms with Crippen LogP contribution in [0.4, 0.5) is 5.69 Å². The number of anilines is 1. The van der Waals surface area contributed by atoms with Crippen LogP contribution in [0.25, 0.3) is 0 Å². The highest BCUT2D eigenvalue weighted by atomic mass is 16.1. The molecule has 1 aliphatic heterocycles. The second-order valence-corrected chi connectivity index (χ2v) is 6.86. The predicted molar refractivity (Wildman–Crippen MR) is 103 cm³/mol. The largest absolute Gasteiger partial charge is 0.325 e. The zero-order chi connectivity index (χ0) is 17.8. The maximum absolute atomic E-state index is 12.1. The Labute approximate surface area is 150 Å². The van der Waals surface area contributed by atoms with Gasteiger partial charge in [-0.2, -0.15) is 0 Å². The topological polar surface area (TPSA) is 44.4 Å². The molecule has 2 aromatic carbocycles. The Morgan fingerprint density at radius 1 is 1.20 bits per heavy atom. The first-order valence-corrected chi connectivity index (χ1v) is 8.96. The first-order valence-electron chi connectivity index (χ1n) is 8.96. The van der Waals surface area contributed by atoms with E-state index in [4.69, 9.17) is 0 Å². The van der Waals surface area contributed by atoms with Crippen molar-refractivity contribution in [3.8, 4) is 0 Å². The minimum absolute atomic E-state index is 0.00959. The van der Waals surface area contributed by atoms with Crippen molar-refractivity contribution in [3.05, 3.63) is 64.7 Å². The summed E-state index contributed by atoms with van der Waals surface area (Å²) in [5.74, 6) is 0.343. The molecule has 0 aliphatic carbocycles.